The number of hydrogen-bond donors (Lipinski definition) is 2. The molecule has 2 N–H and O–H groups in total. The molecular weight excluding hydrogens is 265 g/mol. The third kappa shape index (κ3) is 3.49. The number of aliphatic hydroxyl groups is 1. The highest BCUT2D eigenvalue weighted by Gasteiger charge is 2.15. The Morgan fingerprint density at radius 1 is 1.42 bits per heavy atom. The van der Waals surface area contributed by atoms with Gasteiger partial charge in [0.25, 0.3) is 0 Å². The Hall–Kier alpha value is -1.04. The summed E-state index contributed by atoms with van der Waals surface area (Å²) in [6.45, 7) is 2.73. The molecule has 0 fully saturated rings. The van der Waals surface area contributed by atoms with Crippen LogP contribution in [-0.2, 0) is 6.54 Å². The molecular formula is C14H18FNO2S. The molecule has 19 heavy (non-hydrogen) atoms. The van der Waals surface area contributed by atoms with Crippen LogP contribution in [0, 0.1) is 5.82 Å². The molecule has 0 aliphatic rings. The quantitative estimate of drug-likeness (QED) is 0.855. The van der Waals surface area contributed by atoms with Crippen LogP contribution in [0.1, 0.15) is 12.7 Å². The van der Waals surface area contributed by atoms with Crippen LogP contribution >= 0.6 is 11.8 Å². The van der Waals surface area contributed by atoms with Crippen LogP contribution < -0.4 is 5.32 Å². The average molecular weight is 283 g/mol. The molecule has 3 nitrogen and oxygen atoms in total. The Bertz CT molecular complexity index is 539. The van der Waals surface area contributed by atoms with Crippen LogP contribution in [-0.4, -0.2) is 29.3 Å². The zero-order valence-corrected chi connectivity index (χ0v) is 11.8. The van der Waals surface area contributed by atoms with Gasteiger partial charge in [0.05, 0.1) is 13.2 Å². The van der Waals surface area contributed by atoms with E-state index in [1.807, 2.05) is 19.2 Å². The van der Waals surface area contributed by atoms with E-state index >= 15 is 0 Å². The fourth-order valence-corrected chi connectivity index (χ4v) is 2.64. The second-order valence-corrected chi connectivity index (χ2v) is 5.60. The number of halogens is 1. The van der Waals surface area contributed by atoms with Crippen molar-refractivity contribution in [3.05, 3.63) is 35.8 Å². The molecule has 0 aliphatic carbocycles. The summed E-state index contributed by atoms with van der Waals surface area (Å²) in [7, 11) is 0. The lowest BCUT2D eigenvalue weighted by molar-refractivity contribution is 0.274. The minimum atomic E-state index is -0.260. The van der Waals surface area contributed by atoms with Gasteiger partial charge in [0, 0.05) is 16.7 Å². The summed E-state index contributed by atoms with van der Waals surface area (Å²) in [5, 5.41) is 13.4. The predicted octanol–water partition coefficient (Wildman–Crippen LogP) is 2.77. The van der Waals surface area contributed by atoms with Gasteiger partial charge in [-0.3, -0.25) is 0 Å². The normalized spacial score (nSPS) is 14.7. The van der Waals surface area contributed by atoms with Crippen LogP contribution in [0.5, 0.6) is 0 Å². The van der Waals surface area contributed by atoms with Gasteiger partial charge in [-0.1, -0.05) is 0 Å². The first-order valence-electron chi connectivity index (χ1n) is 6.19. The van der Waals surface area contributed by atoms with Crippen LogP contribution in [0.3, 0.4) is 0 Å². The molecule has 1 aromatic carbocycles. The van der Waals surface area contributed by atoms with Gasteiger partial charge in [0.2, 0.25) is 0 Å². The molecule has 0 amide bonds. The van der Waals surface area contributed by atoms with E-state index in [0.29, 0.717) is 12.1 Å². The lowest BCUT2D eigenvalue weighted by Gasteiger charge is -2.20. The summed E-state index contributed by atoms with van der Waals surface area (Å²) in [5.41, 5.74) is 0.689. The SMILES string of the molecule is CSC(CO)C(C)NCc1cc2cc(F)ccc2o1. The molecule has 2 aromatic rings. The average Bonchev–Trinajstić information content (AvgIpc) is 2.79. The molecule has 2 rings (SSSR count). The fourth-order valence-electron chi connectivity index (χ4n) is 1.99. The van der Waals surface area contributed by atoms with E-state index in [0.717, 1.165) is 11.1 Å². The van der Waals surface area contributed by atoms with Crippen molar-refractivity contribution in [2.75, 3.05) is 12.9 Å². The first-order valence-corrected chi connectivity index (χ1v) is 7.48. The van der Waals surface area contributed by atoms with Crippen LogP contribution in [0.25, 0.3) is 11.0 Å². The van der Waals surface area contributed by atoms with E-state index in [9.17, 15) is 9.50 Å². The molecule has 2 atom stereocenters. The maximum atomic E-state index is 13.1. The van der Waals surface area contributed by atoms with Gasteiger partial charge in [0.1, 0.15) is 17.2 Å². The number of furan rings is 1. The topological polar surface area (TPSA) is 45.4 Å². The van der Waals surface area contributed by atoms with Crippen molar-refractivity contribution in [3.63, 3.8) is 0 Å². The van der Waals surface area contributed by atoms with E-state index in [1.54, 1.807) is 17.8 Å². The number of rotatable bonds is 6. The standard InChI is InChI=1S/C14H18FNO2S/c1-9(14(8-17)19-2)16-7-12-6-10-5-11(15)3-4-13(10)18-12/h3-6,9,14,16-17H,7-8H2,1-2H3. The molecule has 0 saturated carbocycles. The van der Waals surface area contributed by atoms with E-state index in [4.69, 9.17) is 4.42 Å². The van der Waals surface area contributed by atoms with Crippen molar-refractivity contribution in [1.82, 2.24) is 5.32 Å². The Balaban J connectivity index is 2.01. The summed E-state index contributed by atoms with van der Waals surface area (Å²) < 4.78 is 18.7. The first kappa shape index (κ1) is 14.4. The molecule has 1 aromatic heterocycles. The number of aliphatic hydroxyl groups excluding tert-OH is 1. The van der Waals surface area contributed by atoms with Crippen molar-refractivity contribution in [2.45, 2.75) is 24.8 Å². The summed E-state index contributed by atoms with van der Waals surface area (Å²) in [6, 6.07) is 6.50. The number of hydrogen-bond acceptors (Lipinski definition) is 4. The fraction of sp³-hybridized carbons (Fsp3) is 0.429. The van der Waals surface area contributed by atoms with Crippen LogP contribution in [0.2, 0.25) is 0 Å². The Labute approximate surface area is 116 Å². The number of fused-ring (bicyclic) bond motifs is 1. The highest BCUT2D eigenvalue weighted by atomic mass is 32.2. The van der Waals surface area contributed by atoms with Crippen LogP contribution in [0.15, 0.2) is 28.7 Å². The monoisotopic (exact) mass is 283 g/mol. The molecule has 2 unspecified atom stereocenters. The molecule has 0 saturated heterocycles. The molecule has 1 heterocycles. The minimum absolute atomic E-state index is 0.140. The van der Waals surface area contributed by atoms with Crippen molar-refractivity contribution in [3.8, 4) is 0 Å². The summed E-state index contributed by atoms with van der Waals surface area (Å²) in [6.07, 6.45) is 1.98. The highest BCUT2D eigenvalue weighted by molar-refractivity contribution is 7.99. The zero-order chi connectivity index (χ0) is 13.8. The number of nitrogens with one attached hydrogen (secondary N) is 1. The predicted molar refractivity (Wildman–Crippen MR) is 76.9 cm³/mol. The lowest BCUT2D eigenvalue weighted by atomic mass is 10.2. The van der Waals surface area contributed by atoms with E-state index in [-0.39, 0.29) is 23.7 Å². The second kappa shape index (κ2) is 6.41. The minimum Gasteiger partial charge on any atom is -0.460 e. The van der Waals surface area contributed by atoms with E-state index < -0.39 is 0 Å². The van der Waals surface area contributed by atoms with Crippen molar-refractivity contribution in [2.24, 2.45) is 0 Å². The summed E-state index contributed by atoms with van der Waals surface area (Å²) >= 11 is 1.63. The second-order valence-electron chi connectivity index (χ2n) is 4.52. The molecule has 0 spiro atoms. The Morgan fingerprint density at radius 2 is 2.21 bits per heavy atom. The van der Waals surface area contributed by atoms with E-state index in [1.165, 1.54) is 12.1 Å². The molecule has 0 aliphatic heterocycles. The van der Waals surface area contributed by atoms with Gasteiger partial charge >= 0.3 is 0 Å². The third-order valence-corrected chi connectivity index (χ3v) is 4.33. The molecule has 0 radical (unpaired) electrons. The number of thioether (sulfide) groups is 1. The molecule has 5 heteroatoms. The highest BCUT2D eigenvalue weighted by Crippen LogP contribution is 2.20. The smallest absolute Gasteiger partial charge is 0.134 e. The van der Waals surface area contributed by atoms with Crippen molar-refractivity contribution >= 4 is 22.7 Å². The van der Waals surface area contributed by atoms with Gasteiger partial charge in [-0.2, -0.15) is 11.8 Å². The van der Waals surface area contributed by atoms with Gasteiger partial charge in [-0.05, 0) is 37.4 Å². The number of benzene rings is 1. The zero-order valence-electron chi connectivity index (χ0n) is 11.0. The summed E-state index contributed by atoms with van der Waals surface area (Å²) in [5.74, 6) is 0.508. The van der Waals surface area contributed by atoms with Gasteiger partial charge < -0.3 is 14.8 Å². The maximum absolute atomic E-state index is 13.1. The lowest BCUT2D eigenvalue weighted by Crippen LogP contribution is -2.36. The molecule has 104 valence electrons. The van der Waals surface area contributed by atoms with Crippen LogP contribution in [0.4, 0.5) is 4.39 Å². The largest absolute Gasteiger partial charge is 0.460 e. The Kier molecular flexibility index (Phi) is 4.85. The van der Waals surface area contributed by atoms with Gasteiger partial charge in [-0.15, -0.1) is 0 Å². The third-order valence-electron chi connectivity index (χ3n) is 3.17. The Morgan fingerprint density at radius 3 is 2.89 bits per heavy atom. The molecule has 0 bridgehead atoms. The first-order chi connectivity index (χ1) is 9.13. The van der Waals surface area contributed by atoms with Gasteiger partial charge in [0.15, 0.2) is 0 Å². The van der Waals surface area contributed by atoms with Crippen molar-refractivity contribution in [1.29, 1.82) is 0 Å². The van der Waals surface area contributed by atoms with Crippen molar-refractivity contribution < 1.29 is 13.9 Å². The van der Waals surface area contributed by atoms with Gasteiger partial charge in [-0.25, -0.2) is 4.39 Å². The van der Waals surface area contributed by atoms with E-state index in [2.05, 4.69) is 5.32 Å². The maximum Gasteiger partial charge on any atom is 0.134 e. The summed E-state index contributed by atoms with van der Waals surface area (Å²) in [4.78, 5) is 0.